The van der Waals surface area contributed by atoms with Gasteiger partial charge in [-0.05, 0) is 50.7 Å². The van der Waals surface area contributed by atoms with E-state index in [0.717, 1.165) is 15.8 Å². The lowest BCUT2D eigenvalue weighted by Gasteiger charge is -2.11. The van der Waals surface area contributed by atoms with Crippen LogP contribution in [0, 0.1) is 6.92 Å². The van der Waals surface area contributed by atoms with Crippen molar-refractivity contribution in [2.24, 2.45) is 12.0 Å². The molecule has 1 aromatic heterocycles. The first kappa shape index (κ1) is 13.9. The molecule has 0 saturated carbocycles. The second-order valence-electron chi connectivity index (χ2n) is 4.38. The Morgan fingerprint density at radius 2 is 2.11 bits per heavy atom. The maximum Gasteiger partial charge on any atom is 0.266 e. The van der Waals surface area contributed by atoms with E-state index in [2.05, 4.69) is 15.6 Å². The Morgan fingerprint density at radius 3 is 2.63 bits per heavy atom. The molecule has 102 valence electrons. The molecular formula is C14H19N3OS. The second kappa shape index (κ2) is 5.65. The summed E-state index contributed by atoms with van der Waals surface area (Å²) in [7, 11) is 2.00. The minimum absolute atomic E-state index is 0.0542. The van der Waals surface area contributed by atoms with Crippen molar-refractivity contribution in [1.82, 2.24) is 9.47 Å². The highest BCUT2D eigenvalue weighted by atomic mass is 32.2. The van der Waals surface area contributed by atoms with Gasteiger partial charge in [0, 0.05) is 31.5 Å². The SMILES string of the molecule is CCN=C1S/C(=C\c2ccc(C)n2C)C(=O)N1CC. The molecule has 5 heteroatoms. The van der Waals surface area contributed by atoms with Crippen LogP contribution >= 0.6 is 11.8 Å². The molecule has 0 N–H and O–H groups in total. The summed E-state index contributed by atoms with van der Waals surface area (Å²) in [4.78, 5) is 19.2. The van der Waals surface area contributed by atoms with Crippen molar-refractivity contribution < 1.29 is 4.79 Å². The number of carbonyl (C=O) groups excluding carboxylic acids is 1. The van der Waals surface area contributed by atoms with E-state index in [1.807, 2.05) is 40.0 Å². The van der Waals surface area contributed by atoms with Gasteiger partial charge in [-0.3, -0.25) is 14.7 Å². The van der Waals surface area contributed by atoms with Crippen LogP contribution in [0.1, 0.15) is 25.2 Å². The third kappa shape index (κ3) is 2.61. The first-order chi connectivity index (χ1) is 9.08. The maximum absolute atomic E-state index is 12.3. The molecule has 1 aliphatic heterocycles. The summed E-state index contributed by atoms with van der Waals surface area (Å²) in [6.45, 7) is 7.36. The number of carbonyl (C=O) groups is 1. The average molecular weight is 277 g/mol. The summed E-state index contributed by atoms with van der Waals surface area (Å²) in [5.41, 5.74) is 2.22. The normalized spacial score (nSPS) is 20.0. The van der Waals surface area contributed by atoms with Crippen LogP contribution in [0.2, 0.25) is 0 Å². The van der Waals surface area contributed by atoms with Gasteiger partial charge in [-0.25, -0.2) is 0 Å². The lowest BCUT2D eigenvalue weighted by atomic mass is 10.3. The zero-order valence-corrected chi connectivity index (χ0v) is 12.6. The number of rotatable bonds is 3. The van der Waals surface area contributed by atoms with Gasteiger partial charge < -0.3 is 4.57 Å². The molecule has 1 aliphatic rings. The number of hydrogen-bond donors (Lipinski definition) is 0. The zero-order valence-electron chi connectivity index (χ0n) is 11.8. The molecule has 0 aromatic carbocycles. The molecular weight excluding hydrogens is 258 g/mol. The minimum atomic E-state index is 0.0542. The number of hydrogen-bond acceptors (Lipinski definition) is 3. The van der Waals surface area contributed by atoms with Gasteiger partial charge >= 0.3 is 0 Å². The summed E-state index contributed by atoms with van der Waals surface area (Å²) in [5, 5.41) is 0.812. The molecule has 19 heavy (non-hydrogen) atoms. The number of aromatic nitrogens is 1. The van der Waals surface area contributed by atoms with Gasteiger partial charge in [-0.1, -0.05) is 0 Å². The maximum atomic E-state index is 12.3. The van der Waals surface area contributed by atoms with Crippen molar-refractivity contribution in [2.45, 2.75) is 20.8 Å². The van der Waals surface area contributed by atoms with E-state index in [9.17, 15) is 4.79 Å². The van der Waals surface area contributed by atoms with Gasteiger partial charge in [-0.2, -0.15) is 0 Å². The van der Waals surface area contributed by atoms with E-state index in [4.69, 9.17) is 0 Å². The standard InChI is InChI=1S/C14H19N3OS/c1-5-15-14-17(6-2)13(18)12(19-14)9-11-8-7-10(3)16(11)4/h7-9H,5-6H2,1-4H3/b12-9-,15-14?. The number of amides is 1. The first-order valence-corrected chi connectivity index (χ1v) is 7.28. The van der Waals surface area contributed by atoms with Crippen LogP contribution in [0.25, 0.3) is 6.08 Å². The van der Waals surface area contributed by atoms with Crippen LogP contribution in [0.5, 0.6) is 0 Å². The Kier molecular flexibility index (Phi) is 4.14. The summed E-state index contributed by atoms with van der Waals surface area (Å²) < 4.78 is 2.08. The van der Waals surface area contributed by atoms with Crippen LogP contribution in [-0.4, -0.2) is 33.6 Å². The van der Waals surface area contributed by atoms with Gasteiger partial charge in [0.15, 0.2) is 5.17 Å². The highest BCUT2D eigenvalue weighted by Gasteiger charge is 2.31. The van der Waals surface area contributed by atoms with Crippen LogP contribution in [0.4, 0.5) is 0 Å². The quantitative estimate of drug-likeness (QED) is 0.797. The van der Waals surface area contributed by atoms with Crippen molar-refractivity contribution in [1.29, 1.82) is 0 Å². The van der Waals surface area contributed by atoms with Crippen molar-refractivity contribution >= 4 is 28.9 Å². The van der Waals surface area contributed by atoms with Crippen molar-refractivity contribution in [3.8, 4) is 0 Å². The predicted octanol–water partition coefficient (Wildman–Crippen LogP) is 2.65. The molecule has 2 heterocycles. The number of nitrogens with zero attached hydrogens (tertiary/aromatic N) is 3. The molecule has 0 unspecified atom stereocenters. The van der Waals surface area contributed by atoms with Gasteiger partial charge in [0.1, 0.15) is 0 Å². The highest BCUT2D eigenvalue weighted by Crippen LogP contribution is 2.32. The van der Waals surface area contributed by atoms with Gasteiger partial charge in [-0.15, -0.1) is 0 Å². The van der Waals surface area contributed by atoms with E-state index in [0.29, 0.717) is 13.1 Å². The highest BCUT2D eigenvalue weighted by molar-refractivity contribution is 8.18. The molecule has 0 aliphatic carbocycles. The first-order valence-electron chi connectivity index (χ1n) is 6.46. The molecule has 0 radical (unpaired) electrons. The third-order valence-electron chi connectivity index (χ3n) is 3.19. The van der Waals surface area contributed by atoms with E-state index in [1.54, 1.807) is 4.90 Å². The average Bonchev–Trinajstić information content (AvgIpc) is 2.85. The summed E-state index contributed by atoms with van der Waals surface area (Å²) in [6.07, 6.45) is 1.95. The van der Waals surface area contributed by atoms with Gasteiger partial charge in [0.25, 0.3) is 5.91 Å². The van der Waals surface area contributed by atoms with E-state index in [-0.39, 0.29) is 5.91 Å². The monoisotopic (exact) mass is 277 g/mol. The Balaban J connectivity index is 2.34. The molecule has 1 amide bonds. The Bertz CT molecular complexity index is 557. The number of likely N-dealkylation sites (N-methyl/N-ethyl adjacent to an activating group) is 1. The fourth-order valence-corrected chi connectivity index (χ4v) is 3.04. The second-order valence-corrected chi connectivity index (χ2v) is 5.38. The zero-order chi connectivity index (χ0) is 14.0. The minimum Gasteiger partial charge on any atom is -0.348 e. The predicted molar refractivity (Wildman–Crippen MR) is 81.1 cm³/mol. The van der Waals surface area contributed by atoms with Crippen molar-refractivity contribution in [3.63, 3.8) is 0 Å². The van der Waals surface area contributed by atoms with Crippen LogP contribution < -0.4 is 0 Å². The van der Waals surface area contributed by atoms with Gasteiger partial charge in [0.2, 0.25) is 0 Å². The Morgan fingerprint density at radius 1 is 1.37 bits per heavy atom. The number of amidine groups is 1. The topological polar surface area (TPSA) is 37.6 Å². The van der Waals surface area contributed by atoms with Crippen LogP contribution in [0.15, 0.2) is 22.0 Å². The molecule has 0 spiro atoms. The third-order valence-corrected chi connectivity index (χ3v) is 4.23. The van der Waals surface area contributed by atoms with Gasteiger partial charge in [0.05, 0.1) is 4.91 Å². The molecule has 1 saturated heterocycles. The number of aliphatic imine (C=N–C) groups is 1. The smallest absolute Gasteiger partial charge is 0.266 e. The Labute approximate surface area is 118 Å². The van der Waals surface area contributed by atoms with Crippen LogP contribution in [0.3, 0.4) is 0 Å². The molecule has 0 bridgehead atoms. The number of thioether (sulfide) groups is 1. The number of aryl methyl sites for hydroxylation is 1. The lowest BCUT2D eigenvalue weighted by Crippen LogP contribution is -2.28. The summed E-state index contributed by atoms with van der Waals surface area (Å²) in [5.74, 6) is 0.0542. The summed E-state index contributed by atoms with van der Waals surface area (Å²) >= 11 is 1.46. The van der Waals surface area contributed by atoms with Crippen LogP contribution in [-0.2, 0) is 11.8 Å². The fraction of sp³-hybridized carbons (Fsp3) is 0.429. The lowest BCUT2D eigenvalue weighted by molar-refractivity contribution is -0.122. The largest absolute Gasteiger partial charge is 0.348 e. The molecule has 0 atom stereocenters. The molecule has 4 nitrogen and oxygen atoms in total. The molecule has 1 fully saturated rings. The summed E-state index contributed by atoms with van der Waals surface area (Å²) in [6, 6.07) is 4.08. The van der Waals surface area contributed by atoms with Crippen molar-refractivity contribution in [3.05, 3.63) is 28.4 Å². The Hall–Kier alpha value is -1.49. The molecule has 1 aromatic rings. The van der Waals surface area contributed by atoms with E-state index in [1.165, 1.54) is 17.5 Å². The van der Waals surface area contributed by atoms with E-state index < -0.39 is 0 Å². The van der Waals surface area contributed by atoms with E-state index >= 15 is 0 Å². The fourth-order valence-electron chi connectivity index (χ4n) is 1.95. The van der Waals surface area contributed by atoms with Crippen molar-refractivity contribution in [2.75, 3.05) is 13.1 Å². The molecule has 2 rings (SSSR count).